The molecule has 0 saturated heterocycles. The molecule has 0 aliphatic rings. The molecule has 0 spiro atoms. The molecule has 1 heterocycles. The molecule has 0 saturated carbocycles. The van der Waals surface area contributed by atoms with Crippen LogP contribution in [0.4, 0.5) is 8.78 Å². The maximum Gasteiger partial charge on any atom is 0.182 e. The summed E-state index contributed by atoms with van der Waals surface area (Å²) in [4.78, 5) is 0. The maximum atomic E-state index is 14.5. The topological polar surface area (TPSA) is 9.23 Å². The lowest BCUT2D eigenvalue weighted by Gasteiger charge is -2.06. The molecule has 0 atom stereocenters. The minimum Gasteiger partial charge on any atom is -0.490 e. The Balaban J connectivity index is 2.15. The van der Waals surface area contributed by atoms with Crippen molar-refractivity contribution < 1.29 is 14.9 Å². The second kappa shape index (κ2) is 5.37. The lowest BCUT2D eigenvalue weighted by atomic mass is 10.1. The summed E-state index contributed by atoms with van der Waals surface area (Å²) >= 11 is 1.03. The van der Waals surface area contributed by atoms with Crippen molar-refractivity contribution >= 4 is 31.5 Å². The molecule has 3 rings (SSSR count). The number of hydrogen-bond acceptors (Lipinski definition) is 2. The maximum absolute atomic E-state index is 14.5. The summed E-state index contributed by atoms with van der Waals surface area (Å²) in [7, 11) is 0. The molecule has 2 aromatic carbocycles. The van der Waals surface area contributed by atoms with Crippen LogP contribution in [0.3, 0.4) is 0 Å². The predicted octanol–water partition coefficient (Wildman–Crippen LogP) is 5.51. The first-order valence-electron chi connectivity index (χ1n) is 7.06. The highest BCUT2D eigenvalue weighted by molar-refractivity contribution is 7.25. The van der Waals surface area contributed by atoms with Gasteiger partial charge in [-0.2, -0.15) is 0 Å². The van der Waals surface area contributed by atoms with Gasteiger partial charge in [0.2, 0.25) is 0 Å². The van der Waals surface area contributed by atoms with Gasteiger partial charge in [-0.15, -0.1) is 11.3 Å². The number of ether oxygens (including phenoxy) is 1. The molecule has 0 bridgehead atoms. The second-order valence-corrected chi connectivity index (χ2v) is 5.61. The van der Waals surface area contributed by atoms with Crippen LogP contribution in [-0.4, -0.2) is 6.61 Å². The van der Waals surface area contributed by atoms with Gasteiger partial charge >= 0.3 is 0 Å². The lowest BCUT2D eigenvalue weighted by Crippen LogP contribution is -1.98. The summed E-state index contributed by atoms with van der Waals surface area (Å²) in [5.74, 6) is -0.841. The van der Waals surface area contributed by atoms with E-state index in [1.807, 2.05) is 6.92 Å². The largest absolute Gasteiger partial charge is 0.490 e. The van der Waals surface area contributed by atoms with E-state index in [1.54, 1.807) is 18.2 Å². The molecule has 4 heteroatoms. The van der Waals surface area contributed by atoms with Crippen molar-refractivity contribution in [3.05, 3.63) is 41.9 Å². The van der Waals surface area contributed by atoms with Gasteiger partial charge in [0.15, 0.2) is 11.6 Å². The fourth-order valence-corrected chi connectivity index (χ4v) is 3.28. The van der Waals surface area contributed by atoms with Crippen LogP contribution in [-0.2, 0) is 0 Å². The van der Waals surface area contributed by atoms with E-state index in [-0.39, 0.29) is 11.8 Å². The van der Waals surface area contributed by atoms with E-state index in [1.165, 1.54) is 6.07 Å². The fraction of sp³-hybridized carbons (Fsp3) is 0.250. The molecule has 20 heavy (non-hydrogen) atoms. The van der Waals surface area contributed by atoms with Crippen LogP contribution < -0.4 is 4.74 Å². The van der Waals surface area contributed by atoms with E-state index in [0.29, 0.717) is 26.8 Å². The summed E-state index contributed by atoms with van der Waals surface area (Å²) in [6, 6.07) is 6.23. The smallest absolute Gasteiger partial charge is 0.182 e. The van der Waals surface area contributed by atoms with Gasteiger partial charge in [0.1, 0.15) is 5.82 Å². The van der Waals surface area contributed by atoms with Gasteiger partial charge in [-0.25, -0.2) is 8.78 Å². The second-order valence-electron chi connectivity index (χ2n) is 4.59. The van der Waals surface area contributed by atoms with Gasteiger partial charge in [-0.1, -0.05) is 25.5 Å². The van der Waals surface area contributed by atoms with Crippen LogP contribution in [0.2, 0.25) is 0 Å². The minimum absolute atomic E-state index is 0.172. The molecule has 0 radical (unpaired) electrons. The summed E-state index contributed by atoms with van der Waals surface area (Å²) in [6.45, 7) is 2.51. The van der Waals surface area contributed by atoms with Crippen LogP contribution in [0.1, 0.15) is 21.1 Å². The van der Waals surface area contributed by atoms with Gasteiger partial charge < -0.3 is 4.74 Å². The Morgan fingerprint density at radius 3 is 2.80 bits per heavy atom. The average Bonchev–Trinajstić information content (AvgIpc) is 2.86. The third-order valence-electron chi connectivity index (χ3n) is 3.22. The third-order valence-corrected chi connectivity index (χ3v) is 4.42. The van der Waals surface area contributed by atoms with E-state index in [9.17, 15) is 8.78 Å². The molecule has 0 fully saturated rings. The standard InChI is InChI=1S/C16H14F2OS/c1-2-3-9-19-13-8-7-11-10-5-4-6-12(17)15(10)20-16(11)14(13)18/h4-8H,2-3,9H2,1H3/i6D. The quantitative estimate of drug-likeness (QED) is 0.576. The van der Waals surface area contributed by atoms with Crippen molar-refractivity contribution in [1.29, 1.82) is 0 Å². The fourth-order valence-electron chi connectivity index (χ4n) is 2.16. The Bertz CT molecular complexity index is 813. The molecule has 0 aliphatic carbocycles. The van der Waals surface area contributed by atoms with E-state index >= 15 is 0 Å². The van der Waals surface area contributed by atoms with Crippen LogP contribution in [0.5, 0.6) is 5.75 Å². The highest BCUT2D eigenvalue weighted by atomic mass is 32.1. The molecule has 1 aromatic heterocycles. The SMILES string of the molecule is [2H]c1ccc2c(sc3c(F)c(OCCCC)ccc32)c1F. The summed E-state index contributed by atoms with van der Waals surface area (Å²) in [5.41, 5.74) is 0. The predicted molar refractivity (Wildman–Crippen MR) is 79.7 cm³/mol. The van der Waals surface area contributed by atoms with E-state index in [2.05, 4.69) is 0 Å². The zero-order chi connectivity index (χ0) is 15.0. The van der Waals surface area contributed by atoms with E-state index in [4.69, 9.17) is 6.11 Å². The number of benzene rings is 2. The summed E-state index contributed by atoms with van der Waals surface area (Å²) < 4.78 is 42.1. The number of halogens is 2. The van der Waals surface area contributed by atoms with Crippen LogP contribution in [0, 0.1) is 11.6 Å². The first-order valence-corrected chi connectivity index (χ1v) is 7.37. The van der Waals surface area contributed by atoms with Crippen LogP contribution in [0.25, 0.3) is 20.2 Å². The molecular weight excluding hydrogens is 278 g/mol. The number of fused-ring (bicyclic) bond motifs is 3. The van der Waals surface area contributed by atoms with Gasteiger partial charge in [0.05, 0.1) is 17.4 Å². The van der Waals surface area contributed by atoms with Gasteiger partial charge in [-0.05, 0) is 24.6 Å². The van der Waals surface area contributed by atoms with Crippen molar-refractivity contribution in [3.8, 4) is 5.75 Å². The zero-order valence-corrected chi connectivity index (χ0v) is 11.8. The number of rotatable bonds is 4. The van der Waals surface area contributed by atoms with Crippen molar-refractivity contribution in [3.63, 3.8) is 0 Å². The summed E-state index contributed by atoms with van der Waals surface area (Å²) in [6.07, 6.45) is 1.84. The number of hydrogen-bond donors (Lipinski definition) is 0. The molecule has 0 aliphatic heterocycles. The monoisotopic (exact) mass is 293 g/mol. The molecule has 1 nitrogen and oxygen atoms in total. The highest BCUT2D eigenvalue weighted by Crippen LogP contribution is 2.39. The van der Waals surface area contributed by atoms with Crippen LogP contribution in [0.15, 0.2) is 30.3 Å². The Kier molecular flexibility index (Phi) is 3.24. The van der Waals surface area contributed by atoms with Crippen molar-refractivity contribution in [1.82, 2.24) is 0 Å². The first kappa shape index (κ1) is 12.1. The molecule has 3 aromatic rings. The molecule has 0 amide bonds. The minimum atomic E-state index is -0.596. The Hall–Kier alpha value is -1.68. The third kappa shape index (κ3) is 2.14. The normalized spacial score (nSPS) is 12.1. The Morgan fingerprint density at radius 1 is 1.20 bits per heavy atom. The molecule has 0 N–H and O–H groups in total. The van der Waals surface area contributed by atoms with Crippen LogP contribution >= 0.6 is 11.3 Å². The highest BCUT2D eigenvalue weighted by Gasteiger charge is 2.15. The first-order chi connectivity index (χ1) is 10.1. The van der Waals surface area contributed by atoms with E-state index < -0.39 is 11.6 Å². The Morgan fingerprint density at radius 2 is 2.00 bits per heavy atom. The summed E-state index contributed by atoms with van der Waals surface area (Å²) in [5, 5.41) is 1.30. The van der Waals surface area contributed by atoms with Crippen molar-refractivity contribution in [2.45, 2.75) is 19.8 Å². The average molecular weight is 293 g/mol. The molecular formula is C16H14F2OS. The van der Waals surface area contributed by atoms with E-state index in [0.717, 1.165) is 24.2 Å². The number of unbranched alkanes of at least 4 members (excludes halogenated alkanes) is 1. The van der Waals surface area contributed by atoms with Gasteiger partial charge in [0, 0.05) is 10.8 Å². The molecule has 0 unspecified atom stereocenters. The Labute approximate surface area is 121 Å². The molecule has 104 valence electrons. The number of thiophene rings is 1. The van der Waals surface area contributed by atoms with Gasteiger partial charge in [-0.3, -0.25) is 0 Å². The van der Waals surface area contributed by atoms with Crippen molar-refractivity contribution in [2.24, 2.45) is 0 Å². The van der Waals surface area contributed by atoms with Crippen molar-refractivity contribution in [2.75, 3.05) is 6.61 Å². The lowest BCUT2D eigenvalue weighted by molar-refractivity contribution is 0.295. The van der Waals surface area contributed by atoms with Gasteiger partial charge in [0.25, 0.3) is 0 Å². The zero-order valence-electron chi connectivity index (χ0n) is 12.0.